The molecule has 1 aliphatic heterocycles. The highest BCUT2D eigenvalue weighted by atomic mass is 16.5. The molecule has 7 heteroatoms. The lowest BCUT2D eigenvalue weighted by Crippen LogP contribution is -2.63. The summed E-state index contributed by atoms with van der Waals surface area (Å²) in [6.45, 7) is 2.98. The second kappa shape index (κ2) is 5.40. The molecule has 0 bridgehead atoms. The Morgan fingerprint density at radius 2 is 2.21 bits per heavy atom. The van der Waals surface area contributed by atoms with Crippen LogP contribution in [0, 0.1) is 0 Å². The first-order chi connectivity index (χ1) is 8.98. The van der Waals surface area contributed by atoms with Crippen LogP contribution >= 0.6 is 0 Å². The second-order valence-electron chi connectivity index (χ2n) is 4.93. The van der Waals surface area contributed by atoms with Crippen molar-refractivity contribution in [3.63, 3.8) is 0 Å². The number of rotatable bonds is 6. The average molecular weight is 267 g/mol. The molecule has 1 aromatic heterocycles. The molecule has 0 spiro atoms. The first-order valence-electron chi connectivity index (χ1n) is 6.08. The molecular weight excluding hydrogens is 250 g/mol. The maximum absolute atomic E-state index is 11.9. The number of carboxylic acid groups (broad SMARTS) is 1. The number of ether oxygens (including phenoxy) is 1. The fourth-order valence-corrected chi connectivity index (χ4v) is 2.07. The largest absolute Gasteiger partial charge is 0.480 e. The van der Waals surface area contributed by atoms with Crippen molar-refractivity contribution in [3.8, 4) is 0 Å². The lowest BCUT2D eigenvalue weighted by atomic mass is 9.96. The molecule has 2 rings (SSSR count). The summed E-state index contributed by atoms with van der Waals surface area (Å²) in [6, 6.07) is 0. The van der Waals surface area contributed by atoms with Gasteiger partial charge in [-0.25, -0.2) is 9.78 Å². The maximum atomic E-state index is 11.9. The minimum absolute atomic E-state index is 0.0464. The molecule has 0 radical (unpaired) electrons. The molecule has 0 aliphatic carbocycles. The van der Waals surface area contributed by atoms with Gasteiger partial charge in [-0.1, -0.05) is 0 Å². The number of amides is 1. The number of hydrogen-bond donors (Lipinski definition) is 1. The minimum atomic E-state index is -0.994. The molecule has 7 nitrogen and oxygen atoms in total. The Morgan fingerprint density at radius 1 is 1.47 bits per heavy atom. The number of likely N-dealkylation sites (tertiary alicyclic amines) is 1. The van der Waals surface area contributed by atoms with E-state index in [0.717, 1.165) is 0 Å². The van der Waals surface area contributed by atoms with E-state index >= 15 is 0 Å². The van der Waals surface area contributed by atoms with E-state index in [9.17, 15) is 9.59 Å². The normalized spacial score (nSPS) is 17.0. The Kier molecular flexibility index (Phi) is 3.84. The van der Waals surface area contributed by atoms with Crippen LogP contribution in [0.3, 0.4) is 0 Å². The van der Waals surface area contributed by atoms with Gasteiger partial charge >= 0.3 is 5.97 Å². The third-order valence-electron chi connectivity index (χ3n) is 3.09. The zero-order valence-corrected chi connectivity index (χ0v) is 10.8. The van der Waals surface area contributed by atoms with Gasteiger partial charge in [-0.3, -0.25) is 4.79 Å². The maximum Gasteiger partial charge on any atom is 0.329 e. The Bertz CT molecular complexity index is 452. The topological polar surface area (TPSA) is 84.7 Å². The van der Waals surface area contributed by atoms with E-state index in [1.165, 1.54) is 0 Å². The molecule has 0 unspecified atom stereocenters. The zero-order valence-electron chi connectivity index (χ0n) is 10.8. The molecule has 0 aromatic carbocycles. The van der Waals surface area contributed by atoms with Crippen LogP contribution in [-0.4, -0.2) is 56.7 Å². The highest BCUT2D eigenvalue weighted by Crippen LogP contribution is 2.25. The smallest absolute Gasteiger partial charge is 0.329 e. The molecular formula is C12H17N3O4. The lowest BCUT2D eigenvalue weighted by molar-refractivity contribution is -0.173. The van der Waals surface area contributed by atoms with Crippen LogP contribution in [0.4, 0.5) is 0 Å². The minimum Gasteiger partial charge on any atom is -0.480 e. The number of hydrogen-bond acceptors (Lipinski definition) is 4. The number of nitrogens with zero attached hydrogens (tertiary/aromatic N) is 3. The molecule has 1 saturated heterocycles. The van der Waals surface area contributed by atoms with Gasteiger partial charge in [-0.05, 0) is 6.92 Å². The molecule has 1 aromatic rings. The van der Waals surface area contributed by atoms with E-state index in [1.807, 2.05) is 17.7 Å². The van der Waals surface area contributed by atoms with Crippen molar-refractivity contribution in [2.75, 3.05) is 19.7 Å². The number of carbonyl (C=O) groups excluding carboxylic acids is 1. The average Bonchev–Trinajstić information content (AvgIpc) is 2.83. The molecule has 2 heterocycles. The molecule has 0 atom stereocenters. The van der Waals surface area contributed by atoms with Crippen LogP contribution in [0.15, 0.2) is 18.7 Å². The predicted molar refractivity (Wildman–Crippen MR) is 65.4 cm³/mol. The predicted octanol–water partition coefficient (Wildman–Crippen LogP) is -0.0247. The number of aliphatic carboxylic acids is 1. The summed E-state index contributed by atoms with van der Waals surface area (Å²) in [5, 5.41) is 8.55. The summed E-state index contributed by atoms with van der Waals surface area (Å²) in [7, 11) is 0. The first-order valence-corrected chi connectivity index (χ1v) is 6.08. The fraction of sp³-hybridized carbons (Fsp3) is 0.583. The van der Waals surface area contributed by atoms with Crippen LogP contribution in [0.2, 0.25) is 0 Å². The van der Waals surface area contributed by atoms with Gasteiger partial charge in [0.25, 0.3) is 0 Å². The third kappa shape index (κ3) is 3.54. The standard InChI is InChI=1S/C12H17N3O4/c1-12(19-6-11(17)18)7-15(8-12)10(16)2-4-14-5-3-13-9-14/h3,5,9H,2,4,6-8H2,1H3,(H,17,18). The summed E-state index contributed by atoms with van der Waals surface area (Å²) in [4.78, 5) is 27.9. The van der Waals surface area contributed by atoms with Gasteiger partial charge in [0, 0.05) is 25.4 Å². The molecule has 1 aliphatic rings. The van der Waals surface area contributed by atoms with E-state index in [2.05, 4.69) is 4.98 Å². The van der Waals surface area contributed by atoms with Crippen LogP contribution < -0.4 is 0 Å². The van der Waals surface area contributed by atoms with Crippen LogP contribution in [0.5, 0.6) is 0 Å². The molecule has 1 N–H and O–H groups in total. The van der Waals surface area contributed by atoms with Crippen LogP contribution in [-0.2, 0) is 20.9 Å². The highest BCUT2D eigenvalue weighted by Gasteiger charge is 2.42. The number of aromatic nitrogens is 2. The Morgan fingerprint density at radius 3 is 2.79 bits per heavy atom. The summed E-state index contributed by atoms with van der Waals surface area (Å²) in [5.41, 5.74) is -0.525. The Hall–Kier alpha value is -1.89. The van der Waals surface area contributed by atoms with Gasteiger partial charge in [-0.2, -0.15) is 0 Å². The molecule has 1 amide bonds. The summed E-state index contributed by atoms with van der Waals surface area (Å²) in [6.07, 6.45) is 5.56. The van der Waals surface area contributed by atoms with Crippen LogP contribution in [0.25, 0.3) is 0 Å². The molecule has 0 saturated carbocycles. The van der Waals surface area contributed by atoms with Crippen molar-refractivity contribution >= 4 is 11.9 Å². The molecule has 1 fully saturated rings. The van der Waals surface area contributed by atoms with E-state index in [1.54, 1.807) is 17.4 Å². The van der Waals surface area contributed by atoms with E-state index in [-0.39, 0.29) is 12.5 Å². The van der Waals surface area contributed by atoms with Gasteiger partial charge in [0.2, 0.25) is 5.91 Å². The van der Waals surface area contributed by atoms with E-state index in [4.69, 9.17) is 9.84 Å². The SMILES string of the molecule is CC1(OCC(=O)O)CN(C(=O)CCn2ccnc2)C1. The number of carboxylic acids is 1. The first kappa shape index (κ1) is 13.5. The van der Waals surface area contributed by atoms with Crippen molar-refractivity contribution in [3.05, 3.63) is 18.7 Å². The third-order valence-corrected chi connectivity index (χ3v) is 3.09. The number of carbonyl (C=O) groups is 2. The van der Waals surface area contributed by atoms with Crippen molar-refractivity contribution in [1.29, 1.82) is 0 Å². The monoisotopic (exact) mass is 267 g/mol. The number of aryl methyl sites for hydroxylation is 1. The van der Waals surface area contributed by atoms with Crippen molar-refractivity contribution in [2.24, 2.45) is 0 Å². The van der Waals surface area contributed by atoms with Crippen molar-refractivity contribution < 1.29 is 19.4 Å². The lowest BCUT2D eigenvalue weighted by Gasteiger charge is -2.47. The van der Waals surface area contributed by atoms with Gasteiger partial charge in [0.15, 0.2) is 0 Å². The summed E-state index contributed by atoms with van der Waals surface area (Å²) >= 11 is 0. The van der Waals surface area contributed by atoms with E-state index in [0.29, 0.717) is 26.1 Å². The molecule has 104 valence electrons. The van der Waals surface area contributed by atoms with Gasteiger partial charge in [-0.15, -0.1) is 0 Å². The Labute approximate surface area is 110 Å². The zero-order chi connectivity index (χ0) is 13.9. The van der Waals surface area contributed by atoms with Crippen molar-refractivity contribution in [2.45, 2.75) is 25.5 Å². The van der Waals surface area contributed by atoms with Crippen LogP contribution in [0.1, 0.15) is 13.3 Å². The molecule has 19 heavy (non-hydrogen) atoms. The van der Waals surface area contributed by atoms with Gasteiger partial charge < -0.3 is 19.3 Å². The quantitative estimate of drug-likeness (QED) is 0.782. The van der Waals surface area contributed by atoms with Crippen molar-refractivity contribution in [1.82, 2.24) is 14.5 Å². The van der Waals surface area contributed by atoms with Gasteiger partial charge in [0.05, 0.1) is 19.4 Å². The van der Waals surface area contributed by atoms with E-state index < -0.39 is 11.6 Å². The Balaban J connectivity index is 1.70. The fourth-order valence-electron chi connectivity index (χ4n) is 2.07. The highest BCUT2D eigenvalue weighted by molar-refractivity contribution is 5.77. The summed E-state index contributed by atoms with van der Waals surface area (Å²) < 4.78 is 7.09. The van der Waals surface area contributed by atoms with Gasteiger partial charge in [0.1, 0.15) is 12.2 Å². The number of imidazole rings is 1. The summed E-state index contributed by atoms with van der Waals surface area (Å²) in [5.74, 6) is -0.948. The second-order valence-corrected chi connectivity index (χ2v) is 4.93.